The summed E-state index contributed by atoms with van der Waals surface area (Å²) in [5.41, 5.74) is 0.699. The van der Waals surface area contributed by atoms with Crippen LogP contribution in [0.2, 0.25) is 0 Å². The molecule has 0 aromatic carbocycles. The molecule has 1 amide bonds. The van der Waals surface area contributed by atoms with Gasteiger partial charge in [0.25, 0.3) is 0 Å². The first-order valence-electron chi connectivity index (χ1n) is 7.23. The van der Waals surface area contributed by atoms with Crippen LogP contribution in [0.4, 0.5) is 5.88 Å². The molecule has 7 nitrogen and oxygen atoms in total. The largest absolute Gasteiger partial charge is 0.481 e. The number of rotatable bonds is 6. The van der Waals surface area contributed by atoms with E-state index in [4.69, 9.17) is 4.52 Å². The van der Waals surface area contributed by atoms with Gasteiger partial charge in [-0.05, 0) is 32.2 Å². The van der Waals surface area contributed by atoms with Crippen LogP contribution in [-0.4, -0.2) is 35.2 Å². The second-order valence-electron chi connectivity index (χ2n) is 5.50. The molecule has 0 bridgehead atoms. The second kappa shape index (κ2) is 7.21. The summed E-state index contributed by atoms with van der Waals surface area (Å²) in [4.78, 5) is 22.9. The van der Waals surface area contributed by atoms with Crippen molar-refractivity contribution in [2.24, 2.45) is 11.8 Å². The standard InChI is InChI=1S/C14H21N3O4/c1-9-6-13(21-17-9)16-12(18)8-15-7-10-4-2-3-5-11(10)14(19)20/h6,10-11,15H,2-5,7-8H2,1H3,(H,16,18)(H,19,20). The molecule has 1 fully saturated rings. The smallest absolute Gasteiger partial charge is 0.306 e. The second-order valence-corrected chi connectivity index (χ2v) is 5.50. The van der Waals surface area contributed by atoms with E-state index in [1.807, 2.05) is 0 Å². The highest BCUT2D eigenvalue weighted by molar-refractivity contribution is 5.90. The molecule has 0 aliphatic heterocycles. The summed E-state index contributed by atoms with van der Waals surface area (Å²) in [5.74, 6) is -0.847. The topological polar surface area (TPSA) is 104 Å². The summed E-state index contributed by atoms with van der Waals surface area (Å²) in [5, 5.41) is 18.5. The van der Waals surface area contributed by atoms with Gasteiger partial charge in [-0.3, -0.25) is 14.9 Å². The summed E-state index contributed by atoms with van der Waals surface area (Å²) in [6, 6.07) is 1.64. The maximum Gasteiger partial charge on any atom is 0.306 e. The van der Waals surface area contributed by atoms with Gasteiger partial charge in [-0.25, -0.2) is 0 Å². The van der Waals surface area contributed by atoms with Gasteiger partial charge in [0, 0.05) is 6.07 Å². The third kappa shape index (κ3) is 4.56. The minimum absolute atomic E-state index is 0.0940. The average molecular weight is 295 g/mol. The van der Waals surface area contributed by atoms with Crippen LogP contribution in [0.25, 0.3) is 0 Å². The SMILES string of the molecule is Cc1cc(NC(=O)CNCC2CCCCC2C(=O)O)on1. The molecule has 0 spiro atoms. The van der Waals surface area contributed by atoms with E-state index in [-0.39, 0.29) is 24.3 Å². The molecule has 0 radical (unpaired) electrons. The predicted octanol–water partition coefficient (Wildman–Crippen LogP) is 1.40. The number of amides is 1. The first-order chi connectivity index (χ1) is 10.1. The van der Waals surface area contributed by atoms with Crippen LogP contribution >= 0.6 is 0 Å². The number of nitrogens with one attached hydrogen (secondary N) is 2. The van der Waals surface area contributed by atoms with Gasteiger partial charge < -0.3 is 14.9 Å². The van der Waals surface area contributed by atoms with E-state index in [1.165, 1.54) is 0 Å². The Kier molecular flexibility index (Phi) is 5.32. The van der Waals surface area contributed by atoms with Crippen LogP contribution in [0.3, 0.4) is 0 Å². The molecular formula is C14H21N3O4. The van der Waals surface area contributed by atoms with Crippen molar-refractivity contribution in [3.63, 3.8) is 0 Å². The highest BCUT2D eigenvalue weighted by atomic mass is 16.5. The highest BCUT2D eigenvalue weighted by Crippen LogP contribution is 2.29. The van der Waals surface area contributed by atoms with Gasteiger partial charge in [-0.15, -0.1) is 0 Å². The summed E-state index contributed by atoms with van der Waals surface area (Å²) < 4.78 is 4.89. The van der Waals surface area contributed by atoms with Crippen molar-refractivity contribution < 1.29 is 19.2 Å². The molecule has 3 N–H and O–H groups in total. The Morgan fingerprint density at radius 3 is 2.86 bits per heavy atom. The van der Waals surface area contributed by atoms with Crippen LogP contribution in [0, 0.1) is 18.8 Å². The Morgan fingerprint density at radius 1 is 1.43 bits per heavy atom. The third-order valence-corrected chi connectivity index (χ3v) is 3.81. The van der Waals surface area contributed by atoms with Crippen molar-refractivity contribution in [3.05, 3.63) is 11.8 Å². The van der Waals surface area contributed by atoms with Gasteiger partial charge in [0.1, 0.15) is 0 Å². The Balaban J connectivity index is 1.72. The van der Waals surface area contributed by atoms with Gasteiger partial charge in [-0.2, -0.15) is 0 Å². The van der Waals surface area contributed by atoms with E-state index in [2.05, 4.69) is 15.8 Å². The summed E-state index contributed by atoms with van der Waals surface area (Å²) >= 11 is 0. The maximum absolute atomic E-state index is 11.7. The molecule has 116 valence electrons. The molecule has 1 heterocycles. The molecule has 1 aliphatic carbocycles. The summed E-state index contributed by atoms with van der Waals surface area (Å²) in [6.07, 6.45) is 3.65. The lowest BCUT2D eigenvalue weighted by Crippen LogP contribution is -2.37. The zero-order valence-corrected chi connectivity index (χ0v) is 12.1. The lowest BCUT2D eigenvalue weighted by Gasteiger charge is -2.28. The zero-order valence-electron chi connectivity index (χ0n) is 12.1. The van der Waals surface area contributed by atoms with Crippen molar-refractivity contribution in [1.29, 1.82) is 0 Å². The molecule has 1 saturated carbocycles. The van der Waals surface area contributed by atoms with E-state index in [0.29, 0.717) is 18.1 Å². The van der Waals surface area contributed by atoms with E-state index in [9.17, 15) is 14.7 Å². The molecule has 2 atom stereocenters. The van der Waals surface area contributed by atoms with Crippen molar-refractivity contribution in [2.75, 3.05) is 18.4 Å². The Morgan fingerprint density at radius 2 is 2.19 bits per heavy atom. The van der Waals surface area contributed by atoms with Crippen LogP contribution < -0.4 is 10.6 Å². The monoisotopic (exact) mass is 295 g/mol. The quantitative estimate of drug-likeness (QED) is 0.733. The predicted molar refractivity (Wildman–Crippen MR) is 75.8 cm³/mol. The first kappa shape index (κ1) is 15.5. The van der Waals surface area contributed by atoms with Crippen LogP contribution in [0.15, 0.2) is 10.6 Å². The fourth-order valence-corrected chi connectivity index (χ4v) is 2.75. The number of hydrogen-bond donors (Lipinski definition) is 3. The highest BCUT2D eigenvalue weighted by Gasteiger charge is 2.30. The van der Waals surface area contributed by atoms with Crippen molar-refractivity contribution in [3.8, 4) is 0 Å². The normalized spacial score (nSPS) is 22.0. The average Bonchev–Trinajstić information content (AvgIpc) is 2.84. The van der Waals surface area contributed by atoms with E-state index >= 15 is 0 Å². The van der Waals surface area contributed by atoms with E-state index in [1.54, 1.807) is 13.0 Å². The van der Waals surface area contributed by atoms with E-state index < -0.39 is 5.97 Å². The van der Waals surface area contributed by atoms with Crippen LogP contribution in [0.5, 0.6) is 0 Å². The number of nitrogens with zero attached hydrogens (tertiary/aromatic N) is 1. The molecule has 7 heteroatoms. The fourth-order valence-electron chi connectivity index (χ4n) is 2.75. The van der Waals surface area contributed by atoms with Gasteiger partial charge in [-0.1, -0.05) is 18.0 Å². The van der Waals surface area contributed by atoms with Gasteiger partial charge in [0.05, 0.1) is 18.2 Å². The molecular weight excluding hydrogens is 274 g/mol. The number of carbonyl (C=O) groups is 2. The van der Waals surface area contributed by atoms with Gasteiger partial charge >= 0.3 is 5.97 Å². The number of aromatic nitrogens is 1. The molecule has 2 rings (SSSR count). The van der Waals surface area contributed by atoms with Gasteiger partial charge in [0.15, 0.2) is 0 Å². The number of carboxylic acids is 1. The number of anilines is 1. The van der Waals surface area contributed by atoms with Crippen molar-refractivity contribution in [2.45, 2.75) is 32.6 Å². The number of aliphatic carboxylic acids is 1. The van der Waals surface area contributed by atoms with Crippen LogP contribution in [0.1, 0.15) is 31.4 Å². The maximum atomic E-state index is 11.7. The molecule has 2 unspecified atom stereocenters. The minimum atomic E-state index is -0.733. The molecule has 1 aromatic rings. The molecule has 21 heavy (non-hydrogen) atoms. The summed E-state index contributed by atoms with van der Waals surface area (Å²) in [7, 11) is 0. The van der Waals surface area contributed by atoms with Crippen molar-refractivity contribution >= 4 is 17.8 Å². The zero-order chi connectivity index (χ0) is 15.2. The van der Waals surface area contributed by atoms with E-state index in [0.717, 1.165) is 25.7 Å². The van der Waals surface area contributed by atoms with Crippen molar-refractivity contribution in [1.82, 2.24) is 10.5 Å². The lowest BCUT2D eigenvalue weighted by atomic mass is 9.79. The molecule has 1 aromatic heterocycles. The Labute approximate surface area is 123 Å². The third-order valence-electron chi connectivity index (χ3n) is 3.81. The first-order valence-corrected chi connectivity index (χ1v) is 7.23. The lowest BCUT2D eigenvalue weighted by molar-refractivity contribution is -0.144. The van der Waals surface area contributed by atoms with Gasteiger partial charge in [0.2, 0.25) is 11.8 Å². The number of carbonyl (C=O) groups excluding carboxylic acids is 1. The minimum Gasteiger partial charge on any atom is -0.481 e. The number of hydrogen-bond acceptors (Lipinski definition) is 5. The molecule has 1 aliphatic rings. The Hall–Kier alpha value is -1.89. The number of carboxylic acid groups (broad SMARTS) is 1. The van der Waals surface area contributed by atoms with Crippen LogP contribution in [-0.2, 0) is 9.59 Å². The fraction of sp³-hybridized carbons (Fsp3) is 0.643. The number of aryl methyl sites for hydroxylation is 1. The molecule has 0 saturated heterocycles. The summed E-state index contributed by atoms with van der Waals surface area (Å²) in [6.45, 7) is 2.44. The Bertz CT molecular complexity index is 500.